The maximum atomic E-state index is 12.9. The second-order valence-corrected chi connectivity index (χ2v) is 4.24. The Morgan fingerprint density at radius 2 is 1.78 bits per heavy atom. The summed E-state index contributed by atoms with van der Waals surface area (Å²) in [7, 11) is 1.56. The number of halogens is 3. The first-order chi connectivity index (χ1) is 8.43. The molecule has 0 N–H and O–H groups in total. The van der Waals surface area contributed by atoms with Crippen LogP contribution in [0.5, 0.6) is 0 Å². The molecule has 2 rings (SSSR count). The van der Waals surface area contributed by atoms with E-state index in [1.807, 2.05) is 0 Å². The van der Waals surface area contributed by atoms with Crippen molar-refractivity contribution in [3.63, 3.8) is 0 Å². The van der Waals surface area contributed by atoms with Gasteiger partial charge in [0, 0.05) is 7.11 Å². The summed E-state index contributed by atoms with van der Waals surface area (Å²) >= 11 is 0. The summed E-state index contributed by atoms with van der Waals surface area (Å²) in [6, 6.07) is 7.57. The monoisotopic (exact) mass is 254 g/mol. The number of ether oxygens (including phenoxy) is 1. The predicted octanol–water partition coefficient (Wildman–Crippen LogP) is 4.31. The third kappa shape index (κ3) is 2.34. The first kappa shape index (κ1) is 12.9. The molecule has 0 spiro atoms. The molecule has 0 unspecified atom stereocenters. The lowest BCUT2D eigenvalue weighted by atomic mass is 9.98. The molecule has 0 fully saturated rings. The summed E-state index contributed by atoms with van der Waals surface area (Å²) in [4.78, 5) is 0. The van der Waals surface area contributed by atoms with Gasteiger partial charge in [-0.25, -0.2) is 0 Å². The number of benzene rings is 2. The molecule has 0 heterocycles. The Kier molecular flexibility index (Phi) is 3.30. The maximum Gasteiger partial charge on any atom is 0.417 e. The zero-order valence-electron chi connectivity index (χ0n) is 10.1. The van der Waals surface area contributed by atoms with Crippen LogP contribution in [0.1, 0.15) is 16.7 Å². The van der Waals surface area contributed by atoms with E-state index in [4.69, 9.17) is 4.74 Å². The van der Waals surface area contributed by atoms with Crippen molar-refractivity contribution in [3.05, 3.63) is 47.0 Å². The van der Waals surface area contributed by atoms with E-state index in [9.17, 15) is 13.2 Å². The van der Waals surface area contributed by atoms with Crippen LogP contribution in [0.3, 0.4) is 0 Å². The van der Waals surface area contributed by atoms with Crippen LogP contribution in [0, 0.1) is 6.92 Å². The highest BCUT2D eigenvalue weighted by atomic mass is 19.4. The lowest BCUT2D eigenvalue weighted by molar-refractivity contribution is -0.136. The molecule has 0 atom stereocenters. The summed E-state index contributed by atoms with van der Waals surface area (Å²) in [6.07, 6.45) is -4.32. The molecule has 0 aliphatic heterocycles. The Balaban J connectivity index is 2.68. The Morgan fingerprint density at radius 3 is 2.39 bits per heavy atom. The van der Waals surface area contributed by atoms with Gasteiger partial charge in [0.1, 0.15) is 0 Å². The van der Waals surface area contributed by atoms with Crippen molar-refractivity contribution in [2.45, 2.75) is 19.7 Å². The van der Waals surface area contributed by atoms with Crippen molar-refractivity contribution in [1.29, 1.82) is 0 Å². The third-order valence-electron chi connectivity index (χ3n) is 2.92. The SMILES string of the molecule is COCc1ccc2c(C(F)(F)F)ccc(C)c2c1. The van der Waals surface area contributed by atoms with Crippen molar-refractivity contribution in [1.82, 2.24) is 0 Å². The zero-order valence-corrected chi connectivity index (χ0v) is 10.1. The highest BCUT2D eigenvalue weighted by Crippen LogP contribution is 2.36. The summed E-state index contributed by atoms with van der Waals surface area (Å²) in [5.74, 6) is 0. The number of methoxy groups -OCH3 is 1. The van der Waals surface area contributed by atoms with Gasteiger partial charge in [-0.3, -0.25) is 0 Å². The first-order valence-electron chi connectivity index (χ1n) is 5.52. The van der Waals surface area contributed by atoms with E-state index < -0.39 is 11.7 Å². The number of alkyl halides is 3. The van der Waals surface area contributed by atoms with E-state index in [1.165, 1.54) is 12.1 Å². The molecule has 0 aliphatic rings. The van der Waals surface area contributed by atoms with E-state index in [1.54, 1.807) is 26.2 Å². The first-order valence-corrected chi connectivity index (χ1v) is 5.52. The van der Waals surface area contributed by atoms with Crippen LogP contribution in [0.2, 0.25) is 0 Å². The molecule has 0 aliphatic carbocycles. The highest BCUT2D eigenvalue weighted by molar-refractivity contribution is 5.89. The van der Waals surface area contributed by atoms with Crippen molar-refractivity contribution in [3.8, 4) is 0 Å². The van der Waals surface area contributed by atoms with Crippen LogP contribution in [-0.2, 0) is 17.5 Å². The molecule has 1 nitrogen and oxygen atoms in total. The molecule has 0 radical (unpaired) electrons. The van der Waals surface area contributed by atoms with Crippen LogP contribution in [0.25, 0.3) is 10.8 Å². The van der Waals surface area contributed by atoms with Gasteiger partial charge >= 0.3 is 6.18 Å². The maximum absolute atomic E-state index is 12.9. The molecule has 2 aromatic rings. The molecule has 0 bridgehead atoms. The standard InChI is InChI=1S/C14H13F3O/c1-9-3-6-13(14(15,16)17)11-5-4-10(8-18-2)7-12(9)11/h3-7H,8H2,1-2H3. The van der Waals surface area contributed by atoms with Crippen molar-refractivity contribution < 1.29 is 17.9 Å². The van der Waals surface area contributed by atoms with Crippen LogP contribution in [0.15, 0.2) is 30.3 Å². The van der Waals surface area contributed by atoms with Crippen molar-refractivity contribution in [2.24, 2.45) is 0 Å². The molecule has 0 saturated heterocycles. The van der Waals surface area contributed by atoms with E-state index >= 15 is 0 Å². The van der Waals surface area contributed by atoms with E-state index in [2.05, 4.69) is 0 Å². The van der Waals surface area contributed by atoms with Gasteiger partial charge in [0.25, 0.3) is 0 Å². The number of hydrogen-bond acceptors (Lipinski definition) is 1. The van der Waals surface area contributed by atoms with Gasteiger partial charge in [0.15, 0.2) is 0 Å². The highest BCUT2D eigenvalue weighted by Gasteiger charge is 2.32. The topological polar surface area (TPSA) is 9.23 Å². The minimum atomic E-state index is -4.32. The minimum Gasteiger partial charge on any atom is -0.380 e. The fourth-order valence-corrected chi connectivity index (χ4v) is 2.04. The zero-order chi connectivity index (χ0) is 13.3. The summed E-state index contributed by atoms with van der Waals surface area (Å²) in [6.45, 7) is 2.20. The van der Waals surface area contributed by atoms with E-state index in [0.29, 0.717) is 12.0 Å². The Hall–Kier alpha value is -1.55. The summed E-state index contributed by atoms with van der Waals surface area (Å²) < 4.78 is 43.6. The molecule has 0 saturated carbocycles. The molecule has 4 heteroatoms. The molecule has 18 heavy (non-hydrogen) atoms. The Bertz CT molecular complexity index is 573. The molecular weight excluding hydrogens is 241 g/mol. The number of hydrogen-bond donors (Lipinski definition) is 0. The molecule has 2 aromatic carbocycles. The van der Waals surface area contributed by atoms with Crippen molar-refractivity contribution >= 4 is 10.8 Å². The smallest absolute Gasteiger partial charge is 0.380 e. The molecular formula is C14H13F3O. The number of rotatable bonds is 2. The van der Waals surface area contributed by atoms with Crippen LogP contribution < -0.4 is 0 Å². The largest absolute Gasteiger partial charge is 0.417 e. The van der Waals surface area contributed by atoms with Crippen LogP contribution in [-0.4, -0.2) is 7.11 Å². The van der Waals surface area contributed by atoms with Crippen LogP contribution in [0.4, 0.5) is 13.2 Å². The van der Waals surface area contributed by atoms with Gasteiger partial charge in [-0.2, -0.15) is 13.2 Å². The number of aryl methyl sites for hydroxylation is 1. The van der Waals surface area contributed by atoms with E-state index in [0.717, 1.165) is 17.2 Å². The average molecular weight is 254 g/mol. The van der Waals surface area contributed by atoms with Gasteiger partial charge in [-0.15, -0.1) is 0 Å². The average Bonchev–Trinajstić information content (AvgIpc) is 2.29. The lowest BCUT2D eigenvalue weighted by Gasteiger charge is -2.13. The molecule has 0 amide bonds. The van der Waals surface area contributed by atoms with Gasteiger partial charge in [-0.05, 0) is 41.0 Å². The number of fused-ring (bicyclic) bond motifs is 1. The fraction of sp³-hybridized carbons (Fsp3) is 0.286. The lowest BCUT2D eigenvalue weighted by Crippen LogP contribution is -2.06. The van der Waals surface area contributed by atoms with Crippen LogP contribution >= 0.6 is 0 Å². The normalized spacial score (nSPS) is 12.1. The quantitative estimate of drug-likeness (QED) is 0.775. The second kappa shape index (κ2) is 4.61. The van der Waals surface area contributed by atoms with Crippen molar-refractivity contribution in [2.75, 3.05) is 7.11 Å². The fourth-order valence-electron chi connectivity index (χ4n) is 2.04. The van der Waals surface area contributed by atoms with Gasteiger partial charge in [0.05, 0.1) is 12.2 Å². The molecule has 0 aromatic heterocycles. The third-order valence-corrected chi connectivity index (χ3v) is 2.92. The van der Waals surface area contributed by atoms with E-state index in [-0.39, 0.29) is 5.39 Å². The second-order valence-electron chi connectivity index (χ2n) is 4.24. The minimum absolute atomic E-state index is 0.238. The van der Waals surface area contributed by atoms with Gasteiger partial charge in [-0.1, -0.05) is 18.2 Å². The molecule has 96 valence electrons. The summed E-state index contributed by atoms with van der Waals surface area (Å²) in [5.41, 5.74) is 1.11. The van der Waals surface area contributed by atoms with Gasteiger partial charge < -0.3 is 4.74 Å². The Morgan fingerprint density at radius 1 is 1.06 bits per heavy atom. The predicted molar refractivity (Wildman–Crippen MR) is 64.4 cm³/mol. The Labute approximate surface area is 103 Å². The summed E-state index contributed by atoms with van der Waals surface area (Å²) in [5, 5.41) is 0.863. The van der Waals surface area contributed by atoms with Gasteiger partial charge in [0.2, 0.25) is 0 Å².